The zero-order valence-corrected chi connectivity index (χ0v) is 11.2. The summed E-state index contributed by atoms with van der Waals surface area (Å²) in [6.45, 7) is 7.20. The number of rotatable bonds is 9. The highest BCUT2D eigenvalue weighted by atomic mass is 19.4. The summed E-state index contributed by atoms with van der Waals surface area (Å²) in [6, 6.07) is 0.454. The van der Waals surface area contributed by atoms with Crippen LogP contribution >= 0.6 is 0 Å². The van der Waals surface area contributed by atoms with Crippen LogP contribution in [0.4, 0.5) is 13.2 Å². The number of unbranched alkanes of at least 4 members (excludes halogenated alkanes) is 1. The molecule has 0 aromatic heterocycles. The van der Waals surface area contributed by atoms with Crippen LogP contribution in [0.15, 0.2) is 0 Å². The molecule has 0 aliphatic rings. The van der Waals surface area contributed by atoms with Crippen molar-refractivity contribution < 1.29 is 13.2 Å². The molecule has 0 saturated carbocycles. The molecular weight excluding hydrogens is 227 g/mol. The second kappa shape index (κ2) is 8.78. The van der Waals surface area contributed by atoms with E-state index in [1.165, 1.54) is 0 Å². The van der Waals surface area contributed by atoms with Crippen LogP contribution in [0.25, 0.3) is 0 Å². The molecule has 4 heteroatoms. The van der Waals surface area contributed by atoms with Crippen molar-refractivity contribution in [1.82, 2.24) is 5.32 Å². The zero-order chi connectivity index (χ0) is 13.3. The van der Waals surface area contributed by atoms with Crippen LogP contribution in [-0.4, -0.2) is 18.8 Å². The fraction of sp³-hybridized carbons (Fsp3) is 1.00. The summed E-state index contributed by atoms with van der Waals surface area (Å²) in [5.74, 6) is 0.683. The molecule has 0 aliphatic heterocycles. The standard InChI is InChI=1S/C13H26F3N/c1-4-11(3)10-12(5-2)17-9-7-6-8-13(14,15)16/h11-12,17H,4-10H2,1-3H3. The van der Waals surface area contributed by atoms with Gasteiger partial charge in [0.05, 0.1) is 0 Å². The van der Waals surface area contributed by atoms with E-state index in [0.29, 0.717) is 24.9 Å². The van der Waals surface area contributed by atoms with Gasteiger partial charge in [-0.05, 0) is 38.1 Å². The summed E-state index contributed by atoms with van der Waals surface area (Å²) >= 11 is 0. The molecule has 0 bridgehead atoms. The van der Waals surface area contributed by atoms with E-state index in [1.807, 2.05) is 0 Å². The van der Waals surface area contributed by atoms with E-state index < -0.39 is 12.6 Å². The molecule has 2 unspecified atom stereocenters. The molecule has 0 aromatic rings. The molecule has 0 amide bonds. The second-order valence-corrected chi connectivity index (χ2v) is 4.88. The van der Waals surface area contributed by atoms with E-state index in [9.17, 15) is 13.2 Å². The molecule has 2 atom stereocenters. The highest BCUT2D eigenvalue weighted by Crippen LogP contribution is 2.22. The maximum absolute atomic E-state index is 11.9. The highest BCUT2D eigenvalue weighted by molar-refractivity contribution is 4.68. The number of nitrogens with one attached hydrogen (secondary N) is 1. The molecule has 0 radical (unpaired) electrons. The molecule has 0 aliphatic carbocycles. The Hall–Kier alpha value is -0.250. The van der Waals surface area contributed by atoms with Gasteiger partial charge in [-0.2, -0.15) is 13.2 Å². The third-order valence-corrected chi connectivity index (χ3v) is 3.20. The third-order valence-electron chi connectivity index (χ3n) is 3.20. The largest absolute Gasteiger partial charge is 0.389 e. The maximum atomic E-state index is 11.9. The van der Waals surface area contributed by atoms with Gasteiger partial charge in [0.1, 0.15) is 0 Å². The summed E-state index contributed by atoms with van der Waals surface area (Å²) in [7, 11) is 0. The van der Waals surface area contributed by atoms with E-state index >= 15 is 0 Å². The minimum absolute atomic E-state index is 0.232. The number of halogens is 3. The molecular formula is C13H26F3N. The van der Waals surface area contributed by atoms with Gasteiger partial charge in [-0.1, -0.05) is 27.2 Å². The smallest absolute Gasteiger partial charge is 0.314 e. The molecule has 104 valence electrons. The van der Waals surface area contributed by atoms with Gasteiger partial charge in [0.15, 0.2) is 0 Å². The lowest BCUT2D eigenvalue weighted by molar-refractivity contribution is -0.135. The van der Waals surface area contributed by atoms with Crippen LogP contribution in [0.1, 0.15) is 59.3 Å². The first kappa shape index (κ1) is 16.8. The normalized spacial score (nSPS) is 15.9. The van der Waals surface area contributed by atoms with Crippen LogP contribution in [-0.2, 0) is 0 Å². The lowest BCUT2D eigenvalue weighted by atomic mass is 9.98. The average molecular weight is 253 g/mol. The minimum Gasteiger partial charge on any atom is -0.314 e. The summed E-state index contributed by atoms with van der Waals surface area (Å²) in [5.41, 5.74) is 0. The van der Waals surface area contributed by atoms with Crippen LogP contribution in [0.2, 0.25) is 0 Å². The van der Waals surface area contributed by atoms with E-state index in [1.54, 1.807) is 0 Å². The van der Waals surface area contributed by atoms with Crippen molar-refractivity contribution in [3.63, 3.8) is 0 Å². The first-order valence-corrected chi connectivity index (χ1v) is 6.69. The van der Waals surface area contributed by atoms with Crippen LogP contribution in [0, 0.1) is 5.92 Å². The second-order valence-electron chi connectivity index (χ2n) is 4.88. The van der Waals surface area contributed by atoms with Gasteiger partial charge in [-0.3, -0.25) is 0 Å². The van der Waals surface area contributed by atoms with Crippen LogP contribution in [0.3, 0.4) is 0 Å². The zero-order valence-electron chi connectivity index (χ0n) is 11.2. The Morgan fingerprint density at radius 1 is 1.06 bits per heavy atom. The first-order chi connectivity index (χ1) is 7.89. The average Bonchev–Trinajstić information content (AvgIpc) is 2.25. The molecule has 0 rings (SSSR count). The first-order valence-electron chi connectivity index (χ1n) is 6.69. The maximum Gasteiger partial charge on any atom is 0.389 e. The molecule has 17 heavy (non-hydrogen) atoms. The predicted molar refractivity (Wildman–Crippen MR) is 66.1 cm³/mol. The highest BCUT2D eigenvalue weighted by Gasteiger charge is 2.25. The van der Waals surface area contributed by atoms with Gasteiger partial charge in [-0.25, -0.2) is 0 Å². The van der Waals surface area contributed by atoms with Gasteiger partial charge < -0.3 is 5.32 Å². The molecule has 0 heterocycles. The summed E-state index contributed by atoms with van der Waals surface area (Å²) in [5, 5.41) is 3.35. The van der Waals surface area contributed by atoms with E-state index in [-0.39, 0.29) is 6.42 Å². The lowest BCUT2D eigenvalue weighted by Gasteiger charge is -2.20. The SMILES string of the molecule is CCC(C)CC(CC)NCCCCC(F)(F)F. The van der Waals surface area contributed by atoms with Gasteiger partial charge in [-0.15, -0.1) is 0 Å². The van der Waals surface area contributed by atoms with Crippen molar-refractivity contribution >= 4 is 0 Å². The van der Waals surface area contributed by atoms with Crippen molar-refractivity contribution in [2.75, 3.05) is 6.54 Å². The van der Waals surface area contributed by atoms with E-state index in [4.69, 9.17) is 0 Å². The Labute approximate surface area is 103 Å². The van der Waals surface area contributed by atoms with Crippen molar-refractivity contribution in [3.05, 3.63) is 0 Å². The molecule has 0 aromatic carbocycles. The van der Waals surface area contributed by atoms with Crippen molar-refractivity contribution in [3.8, 4) is 0 Å². The van der Waals surface area contributed by atoms with Crippen molar-refractivity contribution in [2.24, 2.45) is 5.92 Å². The number of alkyl halides is 3. The van der Waals surface area contributed by atoms with E-state index in [0.717, 1.165) is 19.3 Å². The van der Waals surface area contributed by atoms with Crippen LogP contribution in [0.5, 0.6) is 0 Å². The molecule has 0 spiro atoms. The van der Waals surface area contributed by atoms with Gasteiger partial charge in [0.25, 0.3) is 0 Å². The van der Waals surface area contributed by atoms with Crippen molar-refractivity contribution in [2.45, 2.75) is 71.5 Å². The van der Waals surface area contributed by atoms with Gasteiger partial charge in [0, 0.05) is 12.5 Å². The quantitative estimate of drug-likeness (QED) is 0.595. The fourth-order valence-corrected chi connectivity index (χ4v) is 1.80. The molecule has 0 saturated heterocycles. The van der Waals surface area contributed by atoms with Crippen LogP contribution < -0.4 is 5.32 Å². The monoisotopic (exact) mass is 253 g/mol. The lowest BCUT2D eigenvalue weighted by Crippen LogP contribution is -2.31. The molecule has 1 nitrogen and oxygen atoms in total. The topological polar surface area (TPSA) is 12.0 Å². The molecule has 1 N–H and O–H groups in total. The Kier molecular flexibility index (Phi) is 8.66. The predicted octanol–water partition coefficient (Wildman–Crippen LogP) is 4.52. The Balaban J connectivity index is 3.57. The van der Waals surface area contributed by atoms with Gasteiger partial charge >= 0.3 is 6.18 Å². The summed E-state index contributed by atoms with van der Waals surface area (Å²) in [4.78, 5) is 0. The van der Waals surface area contributed by atoms with Crippen molar-refractivity contribution in [1.29, 1.82) is 0 Å². The Morgan fingerprint density at radius 2 is 1.71 bits per heavy atom. The summed E-state index contributed by atoms with van der Waals surface area (Å²) < 4.78 is 35.7. The fourth-order valence-electron chi connectivity index (χ4n) is 1.80. The summed E-state index contributed by atoms with van der Waals surface area (Å²) in [6.07, 6.45) is -0.493. The Bertz CT molecular complexity index is 180. The Morgan fingerprint density at radius 3 is 2.18 bits per heavy atom. The van der Waals surface area contributed by atoms with E-state index in [2.05, 4.69) is 26.1 Å². The minimum atomic E-state index is -4.00. The van der Waals surface area contributed by atoms with Gasteiger partial charge in [0.2, 0.25) is 0 Å². The molecule has 0 fully saturated rings. The number of hydrogen-bond acceptors (Lipinski definition) is 1. The number of hydrogen-bond donors (Lipinski definition) is 1. The third kappa shape index (κ3) is 10.6.